The molecule has 4 aromatic rings. The zero-order chi connectivity index (χ0) is 24.5. The van der Waals surface area contributed by atoms with Gasteiger partial charge in [0, 0.05) is 11.9 Å². The first-order chi connectivity index (χ1) is 16.2. The summed E-state index contributed by atoms with van der Waals surface area (Å²) in [4.78, 5) is 24.4. The number of sulfonamides is 1. The number of hydrogen-bond donors (Lipinski definition) is 3. The molecule has 13 nitrogen and oxygen atoms in total. The van der Waals surface area contributed by atoms with Gasteiger partial charge in [0.25, 0.3) is 15.6 Å². The van der Waals surface area contributed by atoms with Gasteiger partial charge in [-0.25, -0.2) is 32.6 Å². The summed E-state index contributed by atoms with van der Waals surface area (Å²) in [6.45, 7) is 1.72. The molecule has 0 saturated heterocycles. The number of fused-ring (bicyclic) bond motifs is 1. The highest BCUT2D eigenvalue weighted by Gasteiger charge is 2.19. The molecule has 0 saturated carbocycles. The quantitative estimate of drug-likeness (QED) is 0.204. The van der Waals surface area contributed by atoms with Crippen LogP contribution in [0.1, 0.15) is 11.3 Å². The maximum atomic E-state index is 12.6. The van der Waals surface area contributed by atoms with Gasteiger partial charge in [0.2, 0.25) is 5.95 Å². The molecule has 0 spiro atoms. The number of aryl methyl sites for hydroxylation is 1. The summed E-state index contributed by atoms with van der Waals surface area (Å²) in [6, 6.07) is 9.11. The smallest absolute Gasteiger partial charge is 0.294 e. The van der Waals surface area contributed by atoms with Crippen molar-refractivity contribution >= 4 is 50.6 Å². The van der Waals surface area contributed by atoms with Crippen molar-refractivity contribution in [2.75, 3.05) is 16.7 Å². The Morgan fingerprint density at radius 3 is 2.59 bits per heavy atom. The van der Waals surface area contributed by atoms with Crippen LogP contribution in [0.4, 0.5) is 23.1 Å². The molecule has 0 atom stereocenters. The highest BCUT2D eigenvalue weighted by atomic mass is 32.2. The number of aromatic nitrogens is 5. The lowest BCUT2D eigenvalue weighted by Crippen LogP contribution is -2.15. The lowest BCUT2D eigenvalue weighted by atomic mass is 10.3. The van der Waals surface area contributed by atoms with Crippen molar-refractivity contribution in [2.24, 2.45) is 10.2 Å². The number of nitrogen functional groups attached to an aromatic ring is 1. The van der Waals surface area contributed by atoms with Crippen molar-refractivity contribution in [3.05, 3.63) is 58.1 Å². The lowest BCUT2D eigenvalue weighted by Gasteiger charge is -2.07. The maximum Gasteiger partial charge on any atom is 0.294 e. The zero-order valence-electron chi connectivity index (χ0n) is 17.7. The fourth-order valence-corrected chi connectivity index (χ4v) is 4.54. The second kappa shape index (κ2) is 8.92. The largest absolute Gasteiger partial charge is 0.382 e. The van der Waals surface area contributed by atoms with Crippen LogP contribution >= 0.6 is 11.8 Å². The number of nitrogens with zero attached hydrogens (tertiary/aromatic N) is 7. The van der Waals surface area contributed by atoms with E-state index in [1.807, 2.05) is 6.07 Å². The van der Waals surface area contributed by atoms with Crippen LogP contribution in [0.15, 0.2) is 61.5 Å². The van der Waals surface area contributed by atoms with Crippen molar-refractivity contribution in [1.29, 1.82) is 5.26 Å². The second-order valence-corrected chi connectivity index (χ2v) is 9.24. The summed E-state index contributed by atoms with van der Waals surface area (Å²) in [7, 11) is -3.92. The molecular weight excluding hydrogens is 480 g/mol. The Morgan fingerprint density at radius 1 is 1.21 bits per heavy atom. The van der Waals surface area contributed by atoms with E-state index in [9.17, 15) is 18.5 Å². The summed E-state index contributed by atoms with van der Waals surface area (Å²) in [6.07, 6.45) is 3.17. The molecule has 172 valence electrons. The molecular formula is C19H16N10O3S2. The molecule has 0 amide bonds. The Bertz CT molecular complexity index is 1630. The summed E-state index contributed by atoms with van der Waals surface area (Å²) in [5, 5.41) is 20.2. The van der Waals surface area contributed by atoms with Crippen LogP contribution in [-0.2, 0) is 10.0 Å². The molecule has 0 bridgehead atoms. The minimum Gasteiger partial charge on any atom is -0.382 e. The molecule has 0 fully saturated rings. The van der Waals surface area contributed by atoms with Crippen LogP contribution in [0.2, 0.25) is 0 Å². The van der Waals surface area contributed by atoms with Gasteiger partial charge in [-0.3, -0.25) is 9.89 Å². The fraction of sp³-hybridized carbons (Fsp3) is 0.105. The van der Waals surface area contributed by atoms with Gasteiger partial charge in [-0.15, -0.1) is 16.9 Å². The van der Waals surface area contributed by atoms with E-state index in [1.54, 1.807) is 19.2 Å². The number of nitrogens with two attached hydrogens (primary N) is 1. The molecule has 0 aliphatic heterocycles. The predicted molar refractivity (Wildman–Crippen MR) is 125 cm³/mol. The van der Waals surface area contributed by atoms with E-state index in [4.69, 9.17) is 5.73 Å². The highest BCUT2D eigenvalue weighted by Crippen LogP contribution is 2.28. The first-order valence-electron chi connectivity index (χ1n) is 9.46. The van der Waals surface area contributed by atoms with Crippen LogP contribution in [0.25, 0.3) is 5.65 Å². The summed E-state index contributed by atoms with van der Waals surface area (Å²) < 4.78 is 28.8. The van der Waals surface area contributed by atoms with Crippen molar-refractivity contribution in [3.8, 4) is 6.07 Å². The highest BCUT2D eigenvalue weighted by molar-refractivity contribution is 7.98. The monoisotopic (exact) mass is 496 g/mol. The Morgan fingerprint density at radius 2 is 1.94 bits per heavy atom. The van der Waals surface area contributed by atoms with Gasteiger partial charge >= 0.3 is 0 Å². The van der Waals surface area contributed by atoms with Crippen LogP contribution in [0.5, 0.6) is 0 Å². The molecule has 0 aliphatic rings. The number of H-pyrrole nitrogens is 1. The van der Waals surface area contributed by atoms with Gasteiger partial charge in [-0.2, -0.15) is 10.4 Å². The van der Waals surface area contributed by atoms with Gasteiger partial charge in [0.05, 0.1) is 10.6 Å². The molecule has 3 aromatic heterocycles. The molecule has 3 heterocycles. The minimum atomic E-state index is -3.92. The average Bonchev–Trinajstić information content (AvgIpc) is 3.11. The van der Waals surface area contributed by atoms with E-state index in [0.717, 1.165) is 0 Å². The summed E-state index contributed by atoms with van der Waals surface area (Å²) in [5.74, 6) is -0.0820. The minimum absolute atomic E-state index is 0.0354. The first kappa shape index (κ1) is 22.9. The number of azo groups is 1. The number of anilines is 2. The van der Waals surface area contributed by atoms with Gasteiger partial charge in [0.1, 0.15) is 22.5 Å². The predicted octanol–water partition coefficient (Wildman–Crippen LogP) is 2.51. The molecule has 34 heavy (non-hydrogen) atoms. The topological polar surface area (TPSA) is 197 Å². The standard InChI is InChI=1S/C19H16N10O3S2/c1-10-7-8-22-19(23-10)28-34(31,32)12-5-3-11(4-6-12)25-26-14-16-24-15(21)13(9-20)18(33-2)29(16)27-17(14)30/h3-8H,1-2H3,(H2,21,24)(H,27,30)(H,22,23,28). The van der Waals surface area contributed by atoms with Gasteiger partial charge in [0.15, 0.2) is 11.3 Å². The molecule has 15 heteroatoms. The Balaban J connectivity index is 1.63. The normalized spacial score (nSPS) is 11.7. The number of aromatic amines is 1. The lowest BCUT2D eigenvalue weighted by molar-refractivity contribution is 0.601. The number of hydrogen-bond acceptors (Lipinski definition) is 11. The summed E-state index contributed by atoms with van der Waals surface area (Å²) >= 11 is 1.21. The van der Waals surface area contributed by atoms with Gasteiger partial charge < -0.3 is 5.73 Å². The molecule has 0 radical (unpaired) electrons. The Hall–Kier alpha value is -4.29. The van der Waals surface area contributed by atoms with Crippen molar-refractivity contribution in [2.45, 2.75) is 16.8 Å². The third kappa shape index (κ3) is 4.31. The zero-order valence-corrected chi connectivity index (χ0v) is 19.3. The second-order valence-electron chi connectivity index (χ2n) is 6.76. The molecule has 0 unspecified atom stereocenters. The molecule has 0 aliphatic carbocycles. The van der Waals surface area contributed by atoms with Crippen LogP contribution in [-0.4, -0.2) is 39.2 Å². The molecule has 4 N–H and O–H groups in total. The van der Waals surface area contributed by atoms with E-state index in [-0.39, 0.29) is 39.2 Å². The van der Waals surface area contributed by atoms with Crippen molar-refractivity contribution < 1.29 is 8.42 Å². The Labute approximate surface area is 196 Å². The Kier molecular flexibility index (Phi) is 6.01. The third-order valence-corrected chi connectivity index (χ3v) is 6.61. The number of nitrogens with one attached hydrogen (secondary N) is 2. The van der Waals surface area contributed by atoms with Crippen LogP contribution in [0, 0.1) is 18.3 Å². The number of benzene rings is 1. The van der Waals surface area contributed by atoms with E-state index < -0.39 is 15.6 Å². The molecule has 4 rings (SSSR count). The van der Waals surface area contributed by atoms with E-state index >= 15 is 0 Å². The van der Waals surface area contributed by atoms with Crippen molar-refractivity contribution in [1.82, 2.24) is 24.6 Å². The number of rotatable bonds is 6. The number of nitriles is 1. The average molecular weight is 497 g/mol. The van der Waals surface area contributed by atoms with Crippen LogP contribution in [0.3, 0.4) is 0 Å². The van der Waals surface area contributed by atoms with Crippen LogP contribution < -0.4 is 16.0 Å². The fourth-order valence-electron chi connectivity index (χ4n) is 2.92. The van der Waals surface area contributed by atoms with E-state index in [0.29, 0.717) is 10.7 Å². The first-order valence-corrected chi connectivity index (χ1v) is 12.2. The maximum absolute atomic E-state index is 12.6. The van der Waals surface area contributed by atoms with E-state index in [2.05, 4.69) is 35.0 Å². The number of thioether (sulfide) groups is 1. The van der Waals surface area contributed by atoms with Gasteiger partial charge in [-0.1, -0.05) is 0 Å². The molecule has 1 aromatic carbocycles. The SMILES string of the molecule is CSc1c(C#N)c(N)nc2c(N=Nc3ccc(S(=O)(=O)Nc4nccc(C)n4)cc3)c(=O)[nH]n12. The third-order valence-electron chi connectivity index (χ3n) is 4.49. The van der Waals surface area contributed by atoms with E-state index in [1.165, 1.54) is 46.7 Å². The summed E-state index contributed by atoms with van der Waals surface area (Å²) in [5.41, 5.74) is 6.31. The van der Waals surface area contributed by atoms with Gasteiger partial charge in [-0.05, 0) is 43.5 Å². The van der Waals surface area contributed by atoms with Crippen molar-refractivity contribution in [3.63, 3.8) is 0 Å².